The van der Waals surface area contributed by atoms with Crippen LogP contribution in [0, 0.1) is 0 Å². The second kappa shape index (κ2) is 8.40. The molecule has 0 saturated heterocycles. The summed E-state index contributed by atoms with van der Waals surface area (Å²) in [5.74, 6) is -0.481. The van der Waals surface area contributed by atoms with Gasteiger partial charge in [0.15, 0.2) is 0 Å². The fourth-order valence-electron chi connectivity index (χ4n) is 1.95. The summed E-state index contributed by atoms with van der Waals surface area (Å²) >= 11 is 0. The molecular weight excluding hydrogens is 324 g/mol. The molecule has 126 valence electrons. The van der Waals surface area contributed by atoms with Crippen LogP contribution in [-0.4, -0.2) is 34.1 Å². The number of anilines is 1. The number of nitrogens with one attached hydrogen (secondary N) is 2. The maximum absolute atomic E-state index is 12.1. The summed E-state index contributed by atoms with van der Waals surface area (Å²) in [6.45, 7) is 2.16. The predicted molar refractivity (Wildman–Crippen MR) is 96.7 cm³/mol. The van der Waals surface area contributed by atoms with E-state index in [-0.39, 0.29) is 17.1 Å². The Hall–Kier alpha value is -2.47. The van der Waals surface area contributed by atoms with Crippen LogP contribution in [0.15, 0.2) is 54.6 Å². The van der Waals surface area contributed by atoms with Crippen LogP contribution in [-0.2, 0) is 10.8 Å². The van der Waals surface area contributed by atoms with E-state index in [9.17, 15) is 13.8 Å². The topological polar surface area (TPSA) is 75.3 Å². The van der Waals surface area contributed by atoms with Gasteiger partial charge in [-0.3, -0.25) is 13.8 Å². The van der Waals surface area contributed by atoms with E-state index < -0.39 is 10.8 Å². The fraction of sp³-hybridized carbons (Fsp3) is 0.222. The van der Waals surface area contributed by atoms with E-state index in [1.165, 1.54) is 0 Å². The summed E-state index contributed by atoms with van der Waals surface area (Å²) in [5, 5.41) is 5.42. The molecule has 0 bridgehead atoms. The molecule has 2 aromatic rings. The number of amides is 2. The maximum Gasteiger partial charge on any atom is 0.255 e. The molecule has 0 aliphatic heterocycles. The van der Waals surface area contributed by atoms with Gasteiger partial charge in [-0.15, -0.1) is 0 Å². The molecule has 0 fully saturated rings. The van der Waals surface area contributed by atoms with Crippen LogP contribution in [0.25, 0.3) is 0 Å². The highest BCUT2D eigenvalue weighted by Gasteiger charge is 2.11. The Balaban J connectivity index is 1.96. The minimum atomic E-state index is -0.980. The molecule has 5 nitrogen and oxygen atoms in total. The van der Waals surface area contributed by atoms with Gasteiger partial charge in [0.1, 0.15) is 0 Å². The third-order valence-electron chi connectivity index (χ3n) is 3.56. The lowest BCUT2D eigenvalue weighted by molar-refractivity contribution is 0.0952. The van der Waals surface area contributed by atoms with E-state index >= 15 is 0 Å². The Kier molecular flexibility index (Phi) is 6.26. The molecule has 2 aromatic carbocycles. The molecule has 2 atom stereocenters. The second-order valence-electron chi connectivity index (χ2n) is 5.42. The highest BCUT2D eigenvalue weighted by molar-refractivity contribution is 7.84. The highest BCUT2D eigenvalue weighted by Crippen LogP contribution is 2.10. The van der Waals surface area contributed by atoms with Crippen LogP contribution in [0.5, 0.6) is 0 Å². The lowest BCUT2D eigenvalue weighted by Gasteiger charge is -2.10. The Labute approximate surface area is 143 Å². The lowest BCUT2D eigenvalue weighted by atomic mass is 10.1. The zero-order chi connectivity index (χ0) is 17.5. The van der Waals surface area contributed by atoms with Gasteiger partial charge in [0.05, 0.1) is 0 Å². The third kappa shape index (κ3) is 5.03. The molecule has 0 heterocycles. The molecule has 0 aromatic heterocycles. The smallest absolute Gasteiger partial charge is 0.255 e. The van der Waals surface area contributed by atoms with E-state index in [4.69, 9.17) is 0 Å². The Morgan fingerprint density at radius 2 is 1.50 bits per heavy atom. The SMILES string of the molecule is C[C@@H](CNC(=O)c1ccc(C(=O)Nc2ccccc2)cc1)[S@](C)=O. The number of hydrogen-bond acceptors (Lipinski definition) is 3. The van der Waals surface area contributed by atoms with Gasteiger partial charge in [0.2, 0.25) is 0 Å². The first-order chi connectivity index (χ1) is 11.5. The molecule has 0 aliphatic rings. The van der Waals surface area contributed by atoms with Gasteiger partial charge in [-0.25, -0.2) is 0 Å². The van der Waals surface area contributed by atoms with Crippen molar-refractivity contribution in [1.82, 2.24) is 5.32 Å². The summed E-state index contributed by atoms with van der Waals surface area (Å²) in [6.07, 6.45) is 1.61. The molecule has 0 saturated carbocycles. The zero-order valence-electron chi connectivity index (χ0n) is 13.6. The molecule has 2 rings (SSSR count). The van der Waals surface area contributed by atoms with Gasteiger partial charge in [-0.2, -0.15) is 0 Å². The standard InChI is InChI=1S/C18H20N2O3S/c1-13(24(2)23)12-19-17(21)14-8-10-15(11-9-14)18(22)20-16-6-4-3-5-7-16/h3-11,13H,12H2,1-2H3,(H,19,21)(H,20,22)/t13-,24-/m0/s1. The van der Waals surface area contributed by atoms with Crippen LogP contribution >= 0.6 is 0 Å². The fourth-order valence-corrected chi connectivity index (χ4v) is 2.27. The summed E-state index contributed by atoms with van der Waals surface area (Å²) < 4.78 is 11.3. The van der Waals surface area contributed by atoms with Crippen molar-refractivity contribution in [2.75, 3.05) is 18.1 Å². The van der Waals surface area contributed by atoms with Crippen LogP contribution in [0.2, 0.25) is 0 Å². The molecule has 6 heteroatoms. The van der Waals surface area contributed by atoms with Crippen LogP contribution in [0.3, 0.4) is 0 Å². The summed E-state index contributed by atoms with van der Waals surface area (Å²) in [7, 11) is -0.980. The predicted octanol–water partition coefficient (Wildman–Crippen LogP) is 2.44. The van der Waals surface area contributed by atoms with Crippen molar-refractivity contribution >= 4 is 28.3 Å². The average Bonchev–Trinajstić information content (AvgIpc) is 2.60. The second-order valence-corrected chi connectivity index (χ2v) is 7.22. The van der Waals surface area contributed by atoms with Gasteiger partial charge < -0.3 is 10.6 Å². The number of para-hydroxylation sites is 1. The number of carbonyl (C=O) groups is 2. The highest BCUT2D eigenvalue weighted by atomic mass is 32.2. The molecule has 24 heavy (non-hydrogen) atoms. The molecule has 0 spiro atoms. The molecule has 2 N–H and O–H groups in total. The normalized spacial score (nSPS) is 12.9. The molecule has 0 radical (unpaired) electrons. The average molecular weight is 344 g/mol. The minimum Gasteiger partial charge on any atom is -0.351 e. The maximum atomic E-state index is 12.1. The van der Waals surface area contributed by atoms with Crippen molar-refractivity contribution in [3.63, 3.8) is 0 Å². The van der Waals surface area contributed by atoms with Crippen molar-refractivity contribution in [2.45, 2.75) is 12.2 Å². The van der Waals surface area contributed by atoms with Gasteiger partial charge in [0.25, 0.3) is 11.8 Å². The Morgan fingerprint density at radius 1 is 0.958 bits per heavy atom. The number of benzene rings is 2. The van der Waals surface area contributed by atoms with Crippen molar-refractivity contribution in [3.8, 4) is 0 Å². The first kappa shape index (κ1) is 17.9. The van der Waals surface area contributed by atoms with E-state index in [2.05, 4.69) is 10.6 Å². The van der Waals surface area contributed by atoms with Crippen LogP contribution in [0.4, 0.5) is 5.69 Å². The summed E-state index contributed by atoms with van der Waals surface area (Å²) in [6, 6.07) is 15.6. The largest absolute Gasteiger partial charge is 0.351 e. The van der Waals surface area contributed by atoms with Gasteiger partial charge in [-0.05, 0) is 43.3 Å². The summed E-state index contributed by atoms with van der Waals surface area (Å²) in [4.78, 5) is 24.2. The van der Waals surface area contributed by atoms with E-state index in [0.29, 0.717) is 23.4 Å². The number of carbonyl (C=O) groups excluding carboxylic acids is 2. The first-order valence-electron chi connectivity index (χ1n) is 7.54. The first-order valence-corrected chi connectivity index (χ1v) is 9.16. The van der Waals surface area contributed by atoms with Crippen molar-refractivity contribution in [3.05, 3.63) is 65.7 Å². The van der Waals surface area contributed by atoms with Crippen molar-refractivity contribution in [1.29, 1.82) is 0 Å². The number of hydrogen-bond donors (Lipinski definition) is 2. The van der Waals surface area contributed by atoms with Gasteiger partial charge >= 0.3 is 0 Å². The molecule has 0 aliphatic carbocycles. The van der Waals surface area contributed by atoms with Crippen LogP contribution in [0.1, 0.15) is 27.6 Å². The monoisotopic (exact) mass is 344 g/mol. The molecule has 0 unspecified atom stereocenters. The minimum absolute atomic E-state index is 0.107. The molecular formula is C18H20N2O3S. The van der Waals surface area contributed by atoms with Crippen molar-refractivity contribution < 1.29 is 13.8 Å². The van der Waals surface area contributed by atoms with E-state index in [1.54, 1.807) is 42.7 Å². The zero-order valence-corrected chi connectivity index (χ0v) is 14.4. The van der Waals surface area contributed by atoms with E-state index in [0.717, 1.165) is 0 Å². The number of rotatable bonds is 6. The third-order valence-corrected chi connectivity index (χ3v) is 4.86. The molecule has 2 amide bonds. The Bertz CT molecular complexity index is 730. The van der Waals surface area contributed by atoms with Gasteiger partial charge in [-0.1, -0.05) is 18.2 Å². The van der Waals surface area contributed by atoms with Crippen LogP contribution < -0.4 is 10.6 Å². The van der Waals surface area contributed by atoms with Gasteiger partial charge in [0, 0.05) is 45.7 Å². The van der Waals surface area contributed by atoms with E-state index in [1.807, 2.05) is 25.1 Å². The van der Waals surface area contributed by atoms with Crippen molar-refractivity contribution in [2.24, 2.45) is 0 Å². The Morgan fingerprint density at radius 3 is 2.04 bits per heavy atom. The quantitative estimate of drug-likeness (QED) is 0.845. The summed E-state index contributed by atoms with van der Waals surface area (Å²) in [5.41, 5.74) is 1.64. The lowest BCUT2D eigenvalue weighted by Crippen LogP contribution is -2.32.